The number of aromatic amines is 1. The highest BCUT2D eigenvalue weighted by atomic mass is 32.2. The number of hydrogen-bond donors (Lipinski definition) is 4. The van der Waals surface area contributed by atoms with Crippen LogP contribution in [0.2, 0.25) is 0 Å². The summed E-state index contributed by atoms with van der Waals surface area (Å²) in [5.41, 5.74) is 7.00. The number of fused-ring (bicyclic) bond motifs is 1. The molecule has 3 aromatic rings. The Hall–Kier alpha value is -3.21. The molecule has 9 nitrogen and oxygen atoms in total. The van der Waals surface area contributed by atoms with Crippen LogP contribution in [-0.2, 0) is 10.0 Å². The number of sulfonamides is 1. The van der Waals surface area contributed by atoms with Crippen LogP contribution in [-0.4, -0.2) is 35.3 Å². The number of anilines is 3. The van der Waals surface area contributed by atoms with E-state index in [2.05, 4.69) is 25.2 Å². The Labute approximate surface area is 172 Å². The van der Waals surface area contributed by atoms with Crippen LogP contribution < -0.4 is 15.8 Å². The fourth-order valence-corrected chi connectivity index (χ4v) is 4.42. The van der Waals surface area contributed by atoms with Crippen molar-refractivity contribution in [1.82, 2.24) is 15.2 Å². The SMILES string of the molecule is CCCS(=O)(=O)Nc1ccc(F)c(C(=O)Nc2cnc3n[nH]c(C4CC4)c3c2)c1N. The second kappa shape index (κ2) is 7.56. The first kappa shape index (κ1) is 20.1. The van der Waals surface area contributed by atoms with Crippen LogP contribution in [0.25, 0.3) is 11.0 Å². The molecule has 4 rings (SSSR count). The quantitative estimate of drug-likeness (QED) is 0.423. The summed E-state index contributed by atoms with van der Waals surface area (Å²) >= 11 is 0. The number of nitrogens with one attached hydrogen (secondary N) is 3. The minimum absolute atomic E-state index is 0.0468. The first-order valence-electron chi connectivity index (χ1n) is 9.53. The molecule has 0 bridgehead atoms. The molecule has 1 saturated carbocycles. The normalized spacial score (nSPS) is 14.1. The zero-order valence-corrected chi connectivity index (χ0v) is 17.0. The Balaban J connectivity index is 1.62. The largest absolute Gasteiger partial charge is 0.396 e. The van der Waals surface area contributed by atoms with E-state index in [-0.39, 0.29) is 17.1 Å². The fraction of sp³-hybridized carbons (Fsp3) is 0.316. The third-order valence-electron chi connectivity index (χ3n) is 4.84. The van der Waals surface area contributed by atoms with Crippen molar-refractivity contribution in [2.24, 2.45) is 0 Å². The van der Waals surface area contributed by atoms with E-state index in [9.17, 15) is 17.6 Å². The smallest absolute Gasteiger partial charge is 0.260 e. The highest BCUT2D eigenvalue weighted by Crippen LogP contribution is 2.42. The molecule has 30 heavy (non-hydrogen) atoms. The van der Waals surface area contributed by atoms with Gasteiger partial charge in [-0.25, -0.2) is 17.8 Å². The summed E-state index contributed by atoms with van der Waals surface area (Å²) in [6, 6.07) is 3.91. The standard InChI is InChI=1S/C19H21FN6O3S/c1-2-7-30(28,29)26-14-6-5-13(20)15(16(14)21)19(27)23-11-8-12-17(10-3-4-10)24-25-18(12)22-9-11/h5-6,8-10,26H,2-4,7,21H2,1H3,(H,23,27)(H,22,24,25). The van der Waals surface area contributed by atoms with Gasteiger partial charge in [0.15, 0.2) is 5.65 Å². The number of nitrogen functional groups attached to an aromatic ring is 1. The molecule has 1 fully saturated rings. The molecule has 1 aliphatic carbocycles. The maximum absolute atomic E-state index is 14.4. The second-order valence-corrected chi connectivity index (χ2v) is 9.11. The molecule has 0 radical (unpaired) electrons. The first-order valence-corrected chi connectivity index (χ1v) is 11.2. The van der Waals surface area contributed by atoms with Gasteiger partial charge in [-0.2, -0.15) is 5.10 Å². The van der Waals surface area contributed by atoms with Crippen molar-refractivity contribution < 1.29 is 17.6 Å². The lowest BCUT2D eigenvalue weighted by molar-refractivity contribution is 0.102. The van der Waals surface area contributed by atoms with Gasteiger partial charge in [-0.1, -0.05) is 6.92 Å². The molecule has 5 N–H and O–H groups in total. The lowest BCUT2D eigenvalue weighted by Gasteiger charge is -2.14. The molecule has 1 aromatic carbocycles. The van der Waals surface area contributed by atoms with Gasteiger partial charge in [0.25, 0.3) is 5.91 Å². The number of aromatic nitrogens is 3. The monoisotopic (exact) mass is 432 g/mol. The number of hydrogen-bond acceptors (Lipinski definition) is 6. The topological polar surface area (TPSA) is 143 Å². The van der Waals surface area contributed by atoms with Crippen LogP contribution in [0.15, 0.2) is 24.4 Å². The summed E-state index contributed by atoms with van der Waals surface area (Å²) in [4.78, 5) is 17.0. The van der Waals surface area contributed by atoms with Crippen molar-refractivity contribution in [3.05, 3.63) is 41.5 Å². The number of benzene rings is 1. The predicted molar refractivity (Wildman–Crippen MR) is 112 cm³/mol. The number of pyridine rings is 1. The number of nitrogens with two attached hydrogens (primary N) is 1. The van der Waals surface area contributed by atoms with Gasteiger partial charge in [0.05, 0.1) is 29.0 Å². The van der Waals surface area contributed by atoms with Gasteiger partial charge in [0.1, 0.15) is 11.4 Å². The molecule has 1 aliphatic rings. The van der Waals surface area contributed by atoms with E-state index in [0.29, 0.717) is 23.7 Å². The Kier molecular flexibility index (Phi) is 5.06. The van der Waals surface area contributed by atoms with Gasteiger partial charge in [0.2, 0.25) is 10.0 Å². The van der Waals surface area contributed by atoms with E-state index in [1.54, 1.807) is 13.0 Å². The highest BCUT2D eigenvalue weighted by Gasteiger charge is 2.28. The molecule has 1 amide bonds. The zero-order valence-electron chi connectivity index (χ0n) is 16.2. The summed E-state index contributed by atoms with van der Waals surface area (Å²) in [7, 11) is -3.65. The van der Waals surface area contributed by atoms with E-state index in [4.69, 9.17) is 5.73 Å². The number of H-pyrrole nitrogens is 1. The summed E-state index contributed by atoms with van der Waals surface area (Å²) in [6.45, 7) is 1.71. The number of carbonyl (C=O) groups excluding carboxylic acids is 1. The third-order valence-corrected chi connectivity index (χ3v) is 6.32. The number of rotatable bonds is 7. The third kappa shape index (κ3) is 3.92. The average Bonchev–Trinajstić information content (AvgIpc) is 3.43. The molecular weight excluding hydrogens is 411 g/mol. The van der Waals surface area contributed by atoms with E-state index in [1.807, 2.05) is 0 Å². The Morgan fingerprint density at radius 1 is 1.37 bits per heavy atom. The van der Waals surface area contributed by atoms with Crippen molar-refractivity contribution in [1.29, 1.82) is 0 Å². The van der Waals surface area contributed by atoms with Gasteiger partial charge in [-0.3, -0.25) is 14.6 Å². The van der Waals surface area contributed by atoms with Crippen LogP contribution in [0.5, 0.6) is 0 Å². The number of amides is 1. The Bertz CT molecular complexity index is 1240. The predicted octanol–water partition coefficient (Wildman–Crippen LogP) is 2.96. The molecule has 0 saturated heterocycles. The minimum Gasteiger partial charge on any atom is -0.396 e. The van der Waals surface area contributed by atoms with Gasteiger partial charge in [0, 0.05) is 17.0 Å². The molecule has 2 heterocycles. The van der Waals surface area contributed by atoms with Gasteiger partial charge < -0.3 is 11.1 Å². The molecule has 0 atom stereocenters. The van der Waals surface area contributed by atoms with Crippen LogP contribution in [0.1, 0.15) is 48.2 Å². The average molecular weight is 432 g/mol. The molecule has 0 unspecified atom stereocenters. The van der Waals surface area contributed by atoms with Crippen LogP contribution in [0, 0.1) is 5.82 Å². The van der Waals surface area contributed by atoms with E-state index >= 15 is 0 Å². The minimum atomic E-state index is -3.65. The molecule has 0 aliphatic heterocycles. The lowest BCUT2D eigenvalue weighted by Crippen LogP contribution is -2.20. The fourth-order valence-electron chi connectivity index (χ4n) is 3.26. The van der Waals surface area contributed by atoms with Crippen LogP contribution >= 0.6 is 0 Å². The van der Waals surface area contributed by atoms with Gasteiger partial charge in [-0.15, -0.1) is 0 Å². The lowest BCUT2D eigenvalue weighted by atomic mass is 10.1. The summed E-state index contributed by atoms with van der Waals surface area (Å²) in [5.74, 6) is -1.38. The van der Waals surface area contributed by atoms with Crippen molar-refractivity contribution in [3.63, 3.8) is 0 Å². The van der Waals surface area contributed by atoms with E-state index in [0.717, 1.165) is 30.0 Å². The van der Waals surface area contributed by atoms with Crippen LogP contribution in [0.3, 0.4) is 0 Å². The zero-order chi connectivity index (χ0) is 21.5. The Morgan fingerprint density at radius 3 is 2.83 bits per heavy atom. The summed E-state index contributed by atoms with van der Waals surface area (Å²) in [5, 5.41) is 10.5. The number of nitrogens with zero attached hydrogens (tertiary/aromatic N) is 2. The van der Waals surface area contributed by atoms with Crippen molar-refractivity contribution in [2.75, 3.05) is 21.5 Å². The van der Waals surface area contributed by atoms with Crippen molar-refractivity contribution in [2.45, 2.75) is 32.1 Å². The number of carbonyl (C=O) groups is 1. The van der Waals surface area contributed by atoms with Crippen molar-refractivity contribution >= 4 is 44.0 Å². The highest BCUT2D eigenvalue weighted by molar-refractivity contribution is 7.92. The molecule has 11 heteroatoms. The molecule has 2 aromatic heterocycles. The van der Waals surface area contributed by atoms with Crippen molar-refractivity contribution in [3.8, 4) is 0 Å². The molecular formula is C19H21FN6O3S. The maximum atomic E-state index is 14.4. The van der Waals surface area contributed by atoms with Crippen LogP contribution in [0.4, 0.5) is 21.5 Å². The first-order chi connectivity index (χ1) is 14.3. The van der Waals surface area contributed by atoms with Gasteiger partial charge >= 0.3 is 0 Å². The summed E-state index contributed by atoms with van der Waals surface area (Å²) in [6.07, 6.45) is 3.95. The number of halogens is 1. The van der Waals surface area contributed by atoms with E-state index in [1.165, 1.54) is 12.3 Å². The van der Waals surface area contributed by atoms with E-state index < -0.39 is 27.3 Å². The maximum Gasteiger partial charge on any atom is 0.260 e. The van der Waals surface area contributed by atoms with Gasteiger partial charge in [-0.05, 0) is 37.5 Å². The second-order valence-electron chi connectivity index (χ2n) is 7.27. The molecule has 0 spiro atoms. The molecule has 158 valence electrons. The Morgan fingerprint density at radius 2 is 2.13 bits per heavy atom. The summed E-state index contributed by atoms with van der Waals surface area (Å²) < 4.78 is 40.7.